The monoisotopic (exact) mass is 537 g/mol. The van der Waals surface area contributed by atoms with E-state index in [4.69, 9.17) is 9.97 Å². The summed E-state index contributed by atoms with van der Waals surface area (Å²) in [6.45, 7) is 0. The Morgan fingerprint density at radius 1 is 0.310 bits per heavy atom. The molecule has 0 aliphatic carbocycles. The van der Waals surface area contributed by atoms with E-state index in [2.05, 4.69) is 114 Å². The van der Waals surface area contributed by atoms with Gasteiger partial charge in [-0.15, -0.1) is 0 Å². The van der Waals surface area contributed by atoms with E-state index in [9.17, 15) is 0 Å². The summed E-state index contributed by atoms with van der Waals surface area (Å²) in [6.07, 6.45) is 3.70. The Morgan fingerprint density at radius 2 is 0.786 bits per heavy atom. The summed E-state index contributed by atoms with van der Waals surface area (Å²) in [5, 5.41) is 0. The molecule has 3 nitrogen and oxygen atoms in total. The van der Waals surface area contributed by atoms with E-state index in [1.54, 1.807) is 6.20 Å². The lowest BCUT2D eigenvalue weighted by Crippen LogP contribution is -1.96. The lowest BCUT2D eigenvalue weighted by Gasteiger charge is -2.11. The molecule has 0 N–H and O–H groups in total. The lowest BCUT2D eigenvalue weighted by atomic mass is 9.96. The summed E-state index contributed by atoms with van der Waals surface area (Å²) in [5.74, 6) is 0.718. The average molecular weight is 538 g/mol. The number of aromatic nitrogens is 3. The normalized spacial score (nSPS) is 10.9. The van der Waals surface area contributed by atoms with Crippen molar-refractivity contribution in [3.8, 4) is 67.3 Å². The fourth-order valence-electron chi connectivity index (χ4n) is 5.19. The molecule has 0 spiro atoms. The first-order chi connectivity index (χ1) is 20.8. The average Bonchev–Trinajstić information content (AvgIpc) is 3.09. The van der Waals surface area contributed by atoms with Crippen molar-refractivity contribution in [2.24, 2.45) is 0 Å². The van der Waals surface area contributed by atoms with E-state index in [-0.39, 0.29) is 0 Å². The first kappa shape index (κ1) is 25.3. The van der Waals surface area contributed by atoms with Gasteiger partial charge in [0.1, 0.15) is 0 Å². The first-order valence-electron chi connectivity index (χ1n) is 14.0. The van der Waals surface area contributed by atoms with Crippen molar-refractivity contribution in [3.05, 3.63) is 164 Å². The van der Waals surface area contributed by atoms with Crippen LogP contribution in [0.5, 0.6) is 0 Å². The molecule has 2 heterocycles. The van der Waals surface area contributed by atoms with Gasteiger partial charge in [0.25, 0.3) is 0 Å². The van der Waals surface area contributed by atoms with Gasteiger partial charge in [-0.1, -0.05) is 127 Å². The molecule has 7 rings (SSSR count). The van der Waals surface area contributed by atoms with Crippen LogP contribution in [-0.4, -0.2) is 15.0 Å². The summed E-state index contributed by atoms with van der Waals surface area (Å²) in [6, 6.07) is 52.5. The Hall–Kier alpha value is -5.67. The van der Waals surface area contributed by atoms with Crippen LogP contribution in [0.15, 0.2) is 164 Å². The number of benzene rings is 5. The fourth-order valence-corrected chi connectivity index (χ4v) is 5.19. The molecule has 0 saturated heterocycles. The van der Waals surface area contributed by atoms with Crippen molar-refractivity contribution in [1.82, 2.24) is 15.0 Å². The Kier molecular flexibility index (Phi) is 6.89. The van der Waals surface area contributed by atoms with Crippen LogP contribution in [-0.2, 0) is 0 Å². The highest BCUT2D eigenvalue weighted by atomic mass is 14.9. The summed E-state index contributed by atoms with van der Waals surface area (Å²) >= 11 is 0. The number of hydrogen-bond acceptors (Lipinski definition) is 3. The van der Waals surface area contributed by atoms with Crippen LogP contribution in [0.3, 0.4) is 0 Å². The number of rotatable bonds is 6. The van der Waals surface area contributed by atoms with Crippen LogP contribution in [0.4, 0.5) is 0 Å². The predicted octanol–water partition coefficient (Wildman–Crippen LogP) is 9.87. The molecular formula is C39H27N3. The van der Waals surface area contributed by atoms with Gasteiger partial charge in [0, 0.05) is 34.6 Å². The zero-order valence-corrected chi connectivity index (χ0v) is 22.9. The SMILES string of the molecule is c1ccc(-c2cc(-c3cccc(-c4ccc(-c5cccc(-c6cccnc6)c5)cc4)c3)nc(-c3ccccc3)n2)cc1. The summed E-state index contributed by atoms with van der Waals surface area (Å²) in [5.41, 5.74) is 11.8. The molecule has 0 saturated carbocycles. The van der Waals surface area contributed by atoms with Crippen molar-refractivity contribution in [3.63, 3.8) is 0 Å². The number of pyridine rings is 1. The zero-order valence-electron chi connectivity index (χ0n) is 22.9. The molecule has 42 heavy (non-hydrogen) atoms. The molecule has 2 aromatic heterocycles. The van der Waals surface area contributed by atoms with Crippen molar-refractivity contribution in [2.45, 2.75) is 0 Å². The highest BCUT2D eigenvalue weighted by Gasteiger charge is 2.11. The Bertz CT molecular complexity index is 1890. The molecule has 0 aliphatic rings. The molecule has 0 atom stereocenters. The Balaban J connectivity index is 1.23. The van der Waals surface area contributed by atoms with E-state index in [1.807, 2.05) is 48.7 Å². The second-order valence-electron chi connectivity index (χ2n) is 10.2. The third kappa shape index (κ3) is 5.36. The highest BCUT2D eigenvalue weighted by Crippen LogP contribution is 2.32. The first-order valence-corrected chi connectivity index (χ1v) is 14.0. The maximum absolute atomic E-state index is 5.01. The van der Waals surface area contributed by atoms with Gasteiger partial charge in [-0.2, -0.15) is 0 Å². The number of hydrogen-bond donors (Lipinski definition) is 0. The van der Waals surface area contributed by atoms with Crippen LogP contribution in [0.2, 0.25) is 0 Å². The maximum Gasteiger partial charge on any atom is 0.160 e. The van der Waals surface area contributed by atoms with Gasteiger partial charge < -0.3 is 0 Å². The minimum Gasteiger partial charge on any atom is -0.264 e. The Labute approximate surface area is 245 Å². The minimum atomic E-state index is 0.718. The van der Waals surface area contributed by atoms with Gasteiger partial charge in [0.05, 0.1) is 11.4 Å². The molecule has 3 heteroatoms. The minimum absolute atomic E-state index is 0.718. The standard InChI is InChI=1S/C39H27N3/c1-3-10-30(11-4-1)37-26-38(42-39(41-37)31-12-5-2-6-13-31)35-17-8-15-33(25-35)29-21-19-28(20-22-29)32-14-7-16-34(24-32)36-18-9-23-40-27-36/h1-27H. The van der Waals surface area contributed by atoms with E-state index in [0.29, 0.717) is 0 Å². The molecule has 0 bridgehead atoms. The molecule has 0 fully saturated rings. The van der Waals surface area contributed by atoms with Gasteiger partial charge in [-0.25, -0.2) is 9.97 Å². The summed E-state index contributed by atoms with van der Waals surface area (Å²) in [4.78, 5) is 14.2. The van der Waals surface area contributed by atoms with Crippen LogP contribution < -0.4 is 0 Å². The second-order valence-corrected chi connectivity index (χ2v) is 10.2. The van der Waals surface area contributed by atoms with Gasteiger partial charge in [-0.05, 0) is 52.1 Å². The molecule has 0 amide bonds. The van der Waals surface area contributed by atoms with E-state index in [0.717, 1.165) is 56.2 Å². The number of nitrogens with zero attached hydrogens (tertiary/aromatic N) is 3. The lowest BCUT2D eigenvalue weighted by molar-refractivity contribution is 1.18. The third-order valence-corrected chi connectivity index (χ3v) is 7.40. The van der Waals surface area contributed by atoms with Gasteiger partial charge >= 0.3 is 0 Å². The largest absolute Gasteiger partial charge is 0.264 e. The van der Waals surface area contributed by atoms with Crippen molar-refractivity contribution < 1.29 is 0 Å². The van der Waals surface area contributed by atoms with Gasteiger partial charge in [0.15, 0.2) is 5.82 Å². The Morgan fingerprint density at radius 3 is 1.38 bits per heavy atom. The molecule has 0 aliphatic heterocycles. The van der Waals surface area contributed by atoms with Crippen LogP contribution in [0, 0.1) is 0 Å². The van der Waals surface area contributed by atoms with E-state index in [1.165, 1.54) is 11.1 Å². The third-order valence-electron chi connectivity index (χ3n) is 7.40. The smallest absolute Gasteiger partial charge is 0.160 e. The second kappa shape index (κ2) is 11.4. The molecule has 7 aromatic rings. The molecular weight excluding hydrogens is 510 g/mol. The van der Waals surface area contributed by atoms with Crippen molar-refractivity contribution in [1.29, 1.82) is 0 Å². The summed E-state index contributed by atoms with van der Waals surface area (Å²) in [7, 11) is 0. The van der Waals surface area contributed by atoms with Crippen molar-refractivity contribution in [2.75, 3.05) is 0 Å². The zero-order chi connectivity index (χ0) is 28.1. The van der Waals surface area contributed by atoms with Crippen LogP contribution in [0.1, 0.15) is 0 Å². The highest BCUT2D eigenvalue weighted by molar-refractivity contribution is 5.78. The summed E-state index contributed by atoms with van der Waals surface area (Å²) < 4.78 is 0. The molecule has 198 valence electrons. The predicted molar refractivity (Wildman–Crippen MR) is 172 cm³/mol. The fraction of sp³-hybridized carbons (Fsp3) is 0. The van der Waals surface area contributed by atoms with E-state index < -0.39 is 0 Å². The van der Waals surface area contributed by atoms with Gasteiger partial charge in [0.2, 0.25) is 0 Å². The molecule has 5 aromatic carbocycles. The van der Waals surface area contributed by atoms with E-state index >= 15 is 0 Å². The van der Waals surface area contributed by atoms with Crippen LogP contribution >= 0.6 is 0 Å². The maximum atomic E-state index is 5.01. The molecule has 0 unspecified atom stereocenters. The van der Waals surface area contributed by atoms with Gasteiger partial charge in [-0.3, -0.25) is 4.98 Å². The van der Waals surface area contributed by atoms with Crippen molar-refractivity contribution >= 4 is 0 Å². The topological polar surface area (TPSA) is 38.7 Å². The van der Waals surface area contributed by atoms with Crippen LogP contribution in [0.25, 0.3) is 67.3 Å². The quantitative estimate of drug-likeness (QED) is 0.212. The molecule has 0 radical (unpaired) electrons.